The van der Waals surface area contributed by atoms with Crippen LogP contribution in [0.25, 0.3) is 99.3 Å². The van der Waals surface area contributed by atoms with Gasteiger partial charge >= 0.3 is 0 Å². The second-order valence-corrected chi connectivity index (χ2v) is 48.1. The van der Waals surface area contributed by atoms with Crippen molar-refractivity contribution < 1.29 is 8.83 Å². The van der Waals surface area contributed by atoms with Crippen LogP contribution in [0.2, 0.25) is 0 Å². The molecule has 4 atom stereocenters. The van der Waals surface area contributed by atoms with Crippen molar-refractivity contribution in [2.75, 3.05) is 19.6 Å². The first-order valence-corrected chi connectivity index (χ1v) is 50.5. The van der Waals surface area contributed by atoms with Crippen LogP contribution in [-0.4, -0.2) is 33.6 Å². The summed E-state index contributed by atoms with van der Waals surface area (Å²) in [6, 6.07) is 104. The van der Waals surface area contributed by atoms with Gasteiger partial charge in [0.2, 0.25) is 0 Å². The summed E-state index contributed by atoms with van der Waals surface area (Å²) in [5.74, 6) is 0. The van der Waals surface area contributed by atoms with E-state index in [9.17, 15) is 0 Å². The summed E-state index contributed by atoms with van der Waals surface area (Å²) in [5.41, 5.74) is 48.3. The highest BCUT2D eigenvalue weighted by Gasteiger charge is 2.62. The molecule has 672 valence electrons. The molecule has 18 aromatic rings. The highest BCUT2D eigenvalue weighted by Crippen LogP contribution is 2.67. The van der Waals surface area contributed by atoms with Crippen LogP contribution >= 0.6 is 0 Å². The number of rotatable bonds is 4. The zero-order chi connectivity index (χ0) is 93.2. The minimum atomic E-state index is -0.233. The molecule has 4 unspecified atom stereocenters. The van der Waals surface area contributed by atoms with E-state index in [1.165, 1.54) is 228 Å². The van der Waals surface area contributed by atoms with Gasteiger partial charge in [-0.25, -0.2) is 0 Å². The number of anilines is 10. The quantitative estimate of drug-likeness (QED) is 0.164. The number of hydrogen-bond acceptors (Lipinski definition) is 6. The lowest BCUT2D eigenvalue weighted by atomic mass is 9.33. The molecule has 0 spiro atoms. The molecule has 8 nitrogen and oxygen atoms in total. The predicted octanol–water partition coefficient (Wildman–Crippen LogP) is 29.6. The van der Waals surface area contributed by atoms with Crippen molar-refractivity contribution in [1.29, 1.82) is 0 Å². The van der Waals surface area contributed by atoms with E-state index in [4.69, 9.17) is 8.83 Å². The minimum Gasteiger partial charge on any atom is -0.456 e. The Labute approximate surface area is 801 Å². The van der Waals surface area contributed by atoms with Gasteiger partial charge in [0.15, 0.2) is 5.58 Å². The molecule has 0 amide bonds. The molecule has 10 aliphatic rings. The average molecular weight is 1770 g/mol. The van der Waals surface area contributed by atoms with Gasteiger partial charge in [0.05, 0.1) is 27.8 Å². The van der Waals surface area contributed by atoms with Crippen LogP contribution in [0, 0.1) is 0 Å². The SMILES string of the molecule is CC(C)(C)c1ccc2c(c1)N(c1cccc3c1oc1ccccc13)c1cc(N3c4ccc(C(C)(C)C)cc4C4(C)CCCCC34C)cc3c1B2c1cccc2c4c(n-3c12)C(C)(C)c1ccccc1-4.CC(C)(C)c1ccc2c(c1)N(c1cccc3oc4ccccc4c13)c1cc(N3c4ccc(C(C)(C)C)cc4C4(C)CCCCC34C)cc3c1B2c1cccc2c4c(n-3c12)C(C)(C)c1ccccc1-4. The van der Waals surface area contributed by atoms with Crippen LogP contribution in [0.3, 0.4) is 0 Å². The normalized spacial score (nSPS) is 20.7. The molecule has 136 heavy (non-hydrogen) atoms. The number of nitrogens with zero attached hydrogens (tertiary/aromatic N) is 6. The fourth-order valence-electron chi connectivity index (χ4n) is 28.7. The van der Waals surface area contributed by atoms with Gasteiger partial charge in [-0.05, 0) is 228 Å². The second-order valence-electron chi connectivity index (χ2n) is 48.1. The molecule has 2 saturated carbocycles. The first kappa shape index (κ1) is 82.5. The van der Waals surface area contributed by atoms with Gasteiger partial charge < -0.3 is 37.6 Å². The van der Waals surface area contributed by atoms with Crippen molar-refractivity contribution in [3.8, 4) is 33.6 Å². The number of hydrogen-bond donors (Lipinski definition) is 0. The molecule has 10 heteroatoms. The van der Waals surface area contributed by atoms with Crippen molar-refractivity contribution in [2.45, 2.75) is 244 Å². The number of furan rings is 2. The van der Waals surface area contributed by atoms with Crippen LogP contribution in [0.4, 0.5) is 56.9 Å². The Morgan fingerprint density at radius 3 is 1.16 bits per heavy atom. The van der Waals surface area contributed by atoms with E-state index in [0.29, 0.717) is 0 Å². The van der Waals surface area contributed by atoms with Crippen molar-refractivity contribution in [3.05, 3.63) is 323 Å². The topological polar surface area (TPSA) is 49.1 Å². The fourth-order valence-corrected chi connectivity index (χ4v) is 28.7. The lowest BCUT2D eigenvalue weighted by Gasteiger charge is -2.51. The minimum absolute atomic E-state index is 0.0181. The van der Waals surface area contributed by atoms with E-state index in [2.05, 4.69) is 434 Å². The standard InChI is InChI=1S/2C63H60BN3O/c1-59(2,3)37-28-30-48-45(33-37)62(9)31-15-16-32-63(62,10)67(48)39-35-51-55-52(36-39)66-56-43(54-42-20-11-13-23-44(42)61(7,8)58(54)66)22-17-24-47(56)64(55)46-29-27-38(60(4,5)6)34-50(46)65(51)49-25-18-21-41-40-19-12-14-26-53(40)68-57(41)49;1-59(2,3)37-28-30-47-44(33-37)62(9)31-15-16-32-63(62,10)67(47)39-35-50-56-51(36-39)66-57-42(54-40-19-11-13-22-43(40)61(7,8)58(54)66)21-17-23-46(57)64(56)45-29-27-38(60(4,5)6)34-49(45)65(50)48-24-18-26-53-55(48)41-20-12-14-25-52(41)68-53/h2*11-14,17-30,33-36H,15-16,31-32H2,1-10H3. The lowest BCUT2D eigenvalue weighted by Crippen LogP contribution is -2.61. The highest BCUT2D eigenvalue weighted by atomic mass is 16.3. The molecule has 10 heterocycles. The van der Waals surface area contributed by atoms with E-state index in [0.717, 1.165) is 68.1 Å². The number of fused-ring (bicyclic) bond motifs is 30. The molecular formula is C126H120B2N6O2. The van der Waals surface area contributed by atoms with Crippen molar-refractivity contribution in [2.24, 2.45) is 0 Å². The van der Waals surface area contributed by atoms with Crippen molar-refractivity contribution >= 4 is 169 Å². The second kappa shape index (κ2) is 27.1. The molecule has 2 fully saturated rings. The summed E-state index contributed by atoms with van der Waals surface area (Å²) in [6.45, 7) is 48.5. The van der Waals surface area contributed by atoms with Gasteiger partial charge in [-0.15, -0.1) is 0 Å². The van der Waals surface area contributed by atoms with Crippen molar-refractivity contribution in [1.82, 2.24) is 9.13 Å². The molecule has 0 N–H and O–H groups in total. The van der Waals surface area contributed by atoms with E-state index < -0.39 is 0 Å². The maximum absolute atomic E-state index is 7.03. The molecule has 6 aliphatic heterocycles. The summed E-state index contributed by atoms with van der Waals surface area (Å²) < 4.78 is 19.2. The van der Waals surface area contributed by atoms with Crippen LogP contribution < -0.4 is 52.4 Å². The predicted molar refractivity (Wildman–Crippen MR) is 575 cm³/mol. The first-order valence-electron chi connectivity index (χ1n) is 50.5. The maximum atomic E-state index is 7.03. The molecular weight excluding hydrogens is 1650 g/mol. The summed E-state index contributed by atoms with van der Waals surface area (Å²) in [4.78, 5) is 10.9. The third-order valence-corrected chi connectivity index (χ3v) is 36.0. The molecule has 0 radical (unpaired) electrons. The first-order chi connectivity index (χ1) is 65.0. The van der Waals surface area contributed by atoms with Crippen molar-refractivity contribution in [3.63, 3.8) is 0 Å². The fraction of sp³-hybridized carbons (Fsp3) is 0.302. The number of para-hydroxylation sites is 5. The Bertz CT molecular complexity index is 8370. The van der Waals surface area contributed by atoms with E-state index in [1.807, 2.05) is 0 Å². The smallest absolute Gasteiger partial charge is 0.252 e. The number of benzene rings is 14. The molecule has 4 aliphatic carbocycles. The largest absolute Gasteiger partial charge is 0.456 e. The lowest BCUT2D eigenvalue weighted by molar-refractivity contribution is 0.195. The Balaban J connectivity index is 0.000000138. The maximum Gasteiger partial charge on any atom is 0.252 e. The van der Waals surface area contributed by atoms with Gasteiger partial charge in [-0.3, -0.25) is 0 Å². The van der Waals surface area contributed by atoms with Crippen LogP contribution in [-0.2, 0) is 43.3 Å². The molecule has 0 bridgehead atoms. The molecule has 0 saturated heterocycles. The third-order valence-electron chi connectivity index (χ3n) is 36.0. The Morgan fingerprint density at radius 2 is 0.669 bits per heavy atom. The zero-order valence-corrected chi connectivity index (χ0v) is 82.7. The van der Waals surface area contributed by atoms with Gasteiger partial charge in [-0.1, -0.05) is 338 Å². The van der Waals surface area contributed by atoms with E-state index in [1.54, 1.807) is 0 Å². The van der Waals surface area contributed by atoms with Gasteiger partial charge in [0.1, 0.15) is 16.7 Å². The molecule has 14 aromatic carbocycles. The third kappa shape index (κ3) is 10.5. The average Bonchev–Trinajstić information content (AvgIpc) is 1.48. The number of aromatic nitrogens is 2. The van der Waals surface area contributed by atoms with E-state index >= 15 is 0 Å². The van der Waals surface area contributed by atoms with Gasteiger partial charge in [0, 0.05) is 139 Å². The molecule has 28 rings (SSSR count). The summed E-state index contributed by atoms with van der Waals surface area (Å²) in [5, 5.41) is 7.28. The van der Waals surface area contributed by atoms with Crippen LogP contribution in [0.5, 0.6) is 0 Å². The molecule has 4 aromatic heterocycles. The summed E-state index contributed by atoms with van der Waals surface area (Å²) >= 11 is 0. The summed E-state index contributed by atoms with van der Waals surface area (Å²) in [7, 11) is 0. The highest BCUT2D eigenvalue weighted by molar-refractivity contribution is 7.01. The van der Waals surface area contributed by atoms with Gasteiger partial charge in [-0.2, -0.15) is 0 Å². The monoisotopic (exact) mass is 1770 g/mol. The van der Waals surface area contributed by atoms with Gasteiger partial charge in [0.25, 0.3) is 13.4 Å². The zero-order valence-electron chi connectivity index (χ0n) is 82.7. The van der Waals surface area contributed by atoms with E-state index in [-0.39, 0.29) is 67.8 Å². The Hall–Kier alpha value is -12.9. The summed E-state index contributed by atoms with van der Waals surface area (Å²) in [6.07, 6.45) is 9.56. The Kier molecular flexibility index (Phi) is 16.4. The Morgan fingerprint density at radius 1 is 0.287 bits per heavy atom. The van der Waals surface area contributed by atoms with Crippen LogP contribution in [0.1, 0.15) is 246 Å². The van der Waals surface area contributed by atoms with Crippen LogP contribution in [0.15, 0.2) is 276 Å².